The van der Waals surface area contributed by atoms with Gasteiger partial charge in [0.1, 0.15) is 11.5 Å². The molecule has 0 aromatic heterocycles. The molecule has 0 fully saturated rings. The van der Waals surface area contributed by atoms with Gasteiger partial charge in [-0.15, -0.1) is 0 Å². The molecule has 4 nitrogen and oxygen atoms in total. The fraction of sp³-hybridized carbons (Fsp3) is 0.381. The molecule has 1 N–H and O–H groups in total. The molecule has 2 aromatic carbocycles. The lowest BCUT2D eigenvalue weighted by molar-refractivity contribution is -0.128. The molecule has 0 aliphatic carbocycles. The number of ether oxygens (including phenoxy) is 2. The van der Waals surface area contributed by atoms with Gasteiger partial charge >= 0.3 is 0 Å². The smallest absolute Gasteiger partial charge is 0.261 e. The van der Waals surface area contributed by atoms with E-state index in [1.807, 2.05) is 44.2 Å². The van der Waals surface area contributed by atoms with E-state index in [2.05, 4.69) is 5.32 Å². The van der Waals surface area contributed by atoms with E-state index in [9.17, 15) is 4.79 Å². The average Bonchev–Trinajstić information content (AvgIpc) is 2.66. The van der Waals surface area contributed by atoms with E-state index in [1.165, 1.54) is 5.56 Å². The van der Waals surface area contributed by atoms with Crippen LogP contribution in [0.2, 0.25) is 5.02 Å². The molecule has 1 amide bonds. The summed E-state index contributed by atoms with van der Waals surface area (Å²) in [5.74, 6) is 1.42. The van der Waals surface area contributed by atoms with E-state index in [4.69, 9.17) is 21.1 Å². The van der Waals surface area contributed by atoms with Gasteiger partial charge in [-0.25, -0.2) is 0 Å². The van der Waals surface area contributed by atoms with Crippen molar-refractivity contribution in [2.75, 3.05) is 13.7 Å². The van der Waals surface area contributed by atoms with Gasteiger partial charge in [0.2, 0.25) is 0 Å². The molecular formula is C21H26ClNO3. The number of aryl methyl sites for hydroxylation is 2. The van der Waals surface area contributed by atoms with Crippen LogP contribution in [0.5, 0.6) is 11.5 Å². The average molecular weight is 376 g/mol. The van der Waals surface area contributed by atoms with Gasteiger partial charge in [-0.3, -0.25) is 4.79 Å². The minimum Gasteiger partial charge on any atom is -0.497 e. The number of amides is 1. The number of halogens is 1. The Hall–Kier alpha value is -2.20. The maximum atomic E-state index is 12.3. The Kier molecular flexibility index (Phi) is 7.79. The summed E-state index contributed by atoms with van der Waals surface area (Å²) in [4.78, 5) is 12.3. The molecule has 1 atom stereocenters. The predicted octanol–water partition coefficient (Wildman–Crippen LogP) is 4.56. The largest absolute Gasteiger partial charge is 0.497 e. The minimum atomic E-state index is -0.503. The molecule has 5 heteroatoms. The quantitative estimate of drug-likeness (QED) is 0.653. The third kappa shape index (κ3) is 5.95. The minimum absolute atomic E-state index is 0.0881. The standard InChI is InChI=1S/C21H26ClNO3/c1-4-20(26-18-11-12-19(22)15(2)14-18)21(24)23-13-5-6-16-7-9-17(25-3)10-8-16/h7-12,14,20H,4-6,13H2,1-3H3,(H,23,24). The second-order valence-corrected chi connectivity index (χ2v) is 6.58. The molecule has 0 bridgehead atoms. The number of carbonyl (C=O) groups is 1. The van der Waals surface area contributed by atoms with Crippen LogP contribution in [0.4, 0.5) is 0 Å². The van der Waals surface area contributed by atoms with Gasteiger partial charge in [0.05, 0.1) is 7.11 Å². The number of nitrogens with one attached hydrogen (secondary N) is 1. The number of hydrogen-bond donors (Lipinski definition) is 1. The summed E-state index contributed by atoms with van der Waals surface area (Å²) in [6.07, 6.45) is 1.87. The highest BCUT2D eigenvalue weighted by Crippen LogP contribution is 2.22. The van der Waals surface area contributed by atoms with Crippen molar-refractivity contribution >= 4 is 17.5 Å². The number of rotatable bonds is 9. The van der Waals surface area contributed by atoms with Crippen molar-refractivity contribution in [2.45, 2.75) is 39.2 Å². The highest BCUT2D eigenvalue weighted by molar-refractivity contribution is 6.31. The lowest BCUT2D eigenvalue weighted by Gasteiger charge is -2.18. The zero-order chi connectivity index (χ0) is 18.9. The van der Waals surface area contributed by atoms with Crippen molar-refractivity contribution in [1.82, 2.24) is 5.32 Å². The first-order chi connectivity index (χ1) is 12.5. The Balaban J connectivity index is 1.78. The Morgan fingerprint density at radius 1 is 1.15 bits per heavy atom. The second-order valence-electron chi connectivity index (χ2n) is 6.17. The van der Waals surface area contributed by atoms with Crippen LogP contribution in [0.15, 0.2) is 42.5 Å². The van der Waals surface area contributed by atoms with E-state index in [-0.39, 0.29) is 5.91 Å². The van der Waals surface area contributed by atoms with Crippen LogP contribution in [0.1, 0.15) is 30.9 Å². The Labute approximate surface area is 160 Å². The fourth-order valence-electron chi connectivity index (χ4n) is 2.59. The summed E-state index contributed by atoms with van der Waals surface area (Å²) in [6, 6.07) is 13.4. The molecule has 140 valence electrons. The summed E-state index contributed by atoms with van der Waals surface area (Å²) >= 11 is 6.02. The van der Waals surface area contributed by atoms with Crippen molar-refractivity contribution in [3.63, 3.8) is 0 Å². The first-order valence-corrected chi connectivity index (χ1v) is 9.24. The molecule has 0 aliphatic heterocycles. The maximum Gasteiger partial charge on any atom is 0.261 e. The van der Waals surface area contributed by atoms with Crippen molar-refractivity contribution in [3.8, 4) is 11.5 Å². The molecule has 0 saturated heterocycles. The number of benzene rings is 2. The van der Waals surface area contributed by atoms with Gasteiger partial charge in [-0.2, -0.15) is 0 Å². The zero-order valence-corrected chi connectivity index (χ0v) is 16.3. The summed E-state index contributed by atoms with van der Waals surface area (Å²) in [6.45, 7) is 4.46. The maximum absolute atomic E-state index is 12.3. The molecular weight excluding hydrogens is 350 g/mol. The van der Waals surface area contributed by atoms with E-state index < -0.39 is 6.10 Å². The second kappa shape index (κ2) is 10.1. The van der Waals surface area contributed by atoms with Crippen LogP contribution >= 0.6 is 11.6 Å². The number of hydrogen-bond acceptors (Lipinski definition) is 3. The van der Waals surface area contributed by atoms with Crippen LogP contribution in [0.25, 0.3) is 0 Å². The third-order valence-electron chi connectivity index (χ3n) is 4.17. The number of carbonyl (C=O) groups excluding carboxylic acids is 1. The van der Waals surface area contributed by atoms with Crippen LogP contribution in [0.3, 0.4) is 0 Å². The van der Waals surface area contributed by atoms with Gasteiger partial charge in [0, 0.05) is 11.6 Å². The van der Waals surface area contributed by atoms with Crippen LogP contribution < -0.4 is 14.8 Å². The first-order valence-electron chi connectivity index (χ1n) is 8.87. The summed E-state index contributed by atoms with van der Waals surface area (Å²) < 4.78 is 11.0. The topological polar surface area (TPSA) is 47.6 Å². The molecule has 0 radical (unpaired) electrons. The summed E-state index contributed by atoms with van der Waals surface area (Å²) in [5.41, 5.74) is 2.15. The molecule has 1 unspecified atom stereocenters. The first kappa shape index (κ1) is 20.1. The summed E-state index contributed by atoms with van der Waals surface area (Å²) in [5, 5.41) is 3.65. The van der Waals surface area contributed by atoms with E-state index in [0.29, 0.717) is 23.7 Å². The van der Waals surface area contributed by atoms with Crippen molar-refractivity contribution in [3.05, 3.63) is 58.6 Å². The molecule has 0 spiro atoms. The van der Waals surface area contributed by atoms with Crippen LogP contribution in [-0.2, 0) is 11.2 Å². The Bertz CT molecular complexity index is 716. The molecule has 2 rings (SSSR count). The van der Waals surface area contributed by atoms with Gasteiger partial charge in [-0.1, -0.05) is 30.7 Å². The van der Waals surface area contributed by atoms with Gasteiger partial charge < -0.3 is 14.8 Å². The highest BCUT2D eigenvalue weighted by atomic mass is 35.5. The molecule has 0 saturated carbocycles. The zero-order valence-electron chi connectivity index (χ0n) is 15.5. The Morgan fingerprint density at radius 3 is 2.46 bits per heavy atom. The third-order valence-corrected chi connectivity index (χ3v) is 4.60. The number of methoxy groups -OCH3 is 1. The van der Waals surface area contributed by atoms with E-state index in [1.54, 1.807) is 19.2 Å². The Morgan fingerprint density at radius 2 is 1.85 bits per heavy atom. The predicted molar refractivity (Wildman–Crippen MR) is 105 cm³/mol. The highest BCUT2D eigenvalue weighted by Gasteiger charge is 2.18. The van der Waals surface area contributed by atoms with Crippen molar-refractivity contribution in [2.24, 2.45) is 0 Å². The van der Waals surface area contributed by atoms with Crippen LogP contribution in [0, 0.1) is 6.92 Å². The normalized spacial score (nSPS) is 11.7. The summed E-state index contributed by atoms with van der Waals surface area (Å²) in [7, 11) is 1.65. The van der Waals surface area contributed by atoms with Gasteiger partial charge in [-0.05, 0) is 67.6 Å². The monoisotopic (exact) mass is 375 g/mol. The molecule has 0 heterocycles. The SMILES string of the molecule is CCC(Oc1ccc(Cl)c(C)c1)C(=O)NCCCc1ccc(OC)cc1. The molecule has 2 aromatic rings. The lowest BCUT2D eigenvalue weighted by atomic mass is 10.1. The van der Waals surface area contributed by atoms with Gasteiger partial charge in [0.25, 0.3) is 5.91 Å². The van der Waals surface area contributed by atoms with E-state index in [0.717, 1.165) is 24.2 Å². The molecule has 0 aliphatic rings. The van der Waals surface area contributed by atoms with Crippen LogP contribution in [-0.4, -0.2) is 25.7 Å². The van der Waals surface area contributed by atoms with Crippen molar-refractivity contribution < 1.29 is 14.3 Å². The fourth-order valence-corrected chi connectivity index (χ4v) is 2.70. The lowest BCUT2D eigenvalue weighted by Crippen LogP contribution is -2.38. The molecule has 26 heavy (non-hydrogen) atoms. The van der Waals surface area contributed by atoms with Gasteiger partial charge in [0.15, 0.2) is 6.10 Å². The van der Waals surface area contributed by atoms with Crippen molar-refractivity contribution in [1.29, 1.82) is 0 Å². The van der Waals surface area contributed by atoms with E-state index >= 15 is 0 Å².